The molecule has 1 aromatic carbocycles. The van der Waals surface area contributed by atoms with E-state index in [-0.39, 0.29) is 5.97 Å². The molecule has 0 saturated heterocycles. The summed E-state index contributed by atoms with van der Waals surface area (Å²) >= 11 is 0. The second kappa shape index (κ2) is 8.05. The van der Waals surface area contributed by atoms with Crippen molar-refractivity contribution in [3.8, 4) is 0 Å². The van der Waals surface area contributed by atoms with E-state index in [9.17, 15) is 4.79 Å². The zero-order valence-corrected chi connectivity index (χ0v) is 13.1. The van der Waals surface area contributed by atoms with Gasteiger partial charge in [0, 0.05) is 12.6 Å². The molecular weight excluding hydrogens is 250 g/mol. The van der Waals surface area contributed by atoms with Gasteiger partial charge in [0.1, 0.15) is 5.60 Å². The van der Waals surface area contributed by atoms with Gasteiger partial charge in [0.05, 0.1) is 6.42 Å². The van der Waals surface area contributed by atoms with Gasteiger partial charge in [-0.2, -0.15) is 0 Å². The van der Waals surface area contributed by atoms with E-state index in [2.05, 4.69) is 36.5 Å². The maximum atomic E-state index is 11.6. The summed E-state index contributed by atoms with van der Waals surface area (Å²) in [6, 6.07) is 10.9. The van der Waals surface area contributed by atoms with Crippen LogP contribution in [-0.2, 0) is 16.0 Å². The number of rotatable bonds is 7. The third kappa shape index (κ3) is 7.95. The van der Waals surface area contributed by atoms with Gasteiger partial charge < -0.3 is 10.1 Å². The van der Waals surface area contributed by atoms with E-state index < -0.39 is 5.60 Å². The molecule has 0 aromatic heterocycles. The Morgan fingerprint density at radius 2 is 1.90 bits per heavy atom. The first-order valence-corrected chi connectivity index (χ1v) is 7.36. The second-order valence-corrected chi connectivity index (χ2v) is 6.22. The number of nitrogens with one attached hydrogen (secondary N) is 1. The van der Waals surface area contributed by atoms with Gasteiger partial charge in [0.2, 0.25) is 0 Å². The van der Waals surface area contributed by atoms with Crippen LogP contribution in [0.2, 0.25) is 0 Å². The number of carbonyl (C=O) groups is 1. The molecule has 0 heterocycles. The average Bonchev–Trinajstić information content (AvgIpc) is 2.35. The predicted octanol–water partition coefficient (Wildman–Crippen LogP) is 3.33. The number of benzene rings is 1. The second-order valence-electron chi connectivity index (χ2n) is 6.22. The van der Waals surface area contributed by atoms with Crippen LogP contribution in [0.5, 0.6) is 0 Å². The molecule has 1 N–H and O–H groups in total. The first kappa shape index (κ1) is 16.7. The van der Waals surface area contributed by atoms with E-state index in [1.165, 1.54) is 5.56 Å². The highest BCUT2D eigenvalue weighted by molar-refractivity contribution is 5.70. The summed E-state index contributed by atoms with van der Waals surface area (Å²) in [6.07, 6.45) is 2.55. The number of aryl methyl sites for hydroxylation is 1. The topological polar surface area (TPSA) is 38.3 Å². The van der Waals surface area contributed by atoms with Crippen molar-refractivity contribution in [3.63, 3.8) is 0 Å². The standard InChI is InChI=1S/C17H27NO2/c1-14(10-11-15-8-6-5-7-9-15)18-13-12-16(19)20-17(2,3)4/h5-9,14,18H,10-13H2,1-4H3/t14-/m0/s1. The molecule has 0 radical (unpaired) electrons. The smallest absolute Gasteiger partial charge is 0.307 e. The van der Waals surface area contributed by atoms with Crippen LogP contribution in [0, 0.1) is 0 Å². The van der Waals surface area contributed by atoms with Crippen LogP contribution in [0.15, 0.2) is 30.3 Å². The Morgan fingerprint density at radius 1 is 1.25 bits per heavy atom. The van der Waals surface area contributed by atoms with E-state index in [0.29, 0.717) is 19.0 Å². The fourth-order valence-corrected chi connectivity index (χ4v) is 1.94. The molecule has 3 heteroatoms. The normalized spacial score (nSPS) is 13.0. The number of hydrogen-bond donors (Lipinski definition) is 1. The van der Waals surface area contributed by atoms with E-state index >= 15 is 0 Å². The van der Waals surface area contributed by atoms with Crippen LogP contribution in [0.3, 0.4) is 0 Å². The molecule has 1 rings (SSSR count). The Bertz CT molecular complexity index is 395. The SMILES string of the molecule is C[C@@H](CCc1ccccc1)NCCC(=O)OC(C)(C)C. The number of carbonyl (C=O) groups excluding carboxylic acids is 1. The van der Waals surface area contributed by atoms with E-state index in [1.807, 2.05) is 26.8 Å². The molecule has 0 aliphatic carbocycles. The monoisotopic (exact) mass is 277 g/mol. The van der Waals surface area contributed by atoms with Gasteiger partial charge in [0.25, 0.3) is 0 Å². The molecule has 1 atom stereocenters. The molecule has 0 saturated carbocycles. The van der Waals surface area contributed by atoms with Gasteiger partial charge in [-0.25, -0.2) is 0 Å². The van der Waals surface area contributed by atoms with Crippen molar-refractivity contribution in [2.45, 2.75) is 58.6 Å². The first-order chi connectivity index (χ1) is 9.37. The maximum absolute atomic E-state index is 11.6. The fourth-order valence-electron chi connectivity index (χ4n) is 1.94. The number of hydrogen-bond acceptors (Lipinski definition) is 3. The minimum atomic E-state index is -0.393. The Hall–Kier alpha value is -1.35. The minimum Gasteiger partial charge on any atom is -0.460 e. The molecule has 0 aliphatic heterocycles. The first-order valence-electron chi connectivity index (χ1n) is 7.36. The molecular formula is C17H27NO2. The van der Waals surface area contributed by atoms with Crippen LogP contribution >= 0.6 is 0 Å². The third-order valence-electron chi connectivity index (χ3n) is 2.95. The van der Waals surface area contributed by atoms with Gasteiger partial charge in [-0.15, -0.1) is 0 Å². The summed E-state index contributed by atoms with van der Waals surface area (Å²) in [7, 11) is 0. The molecule has 3 nitrogen and oxygen atoms in total. The lowest BCUT2D eigenvalue weighted by molar-refractivity contribution is -0.154. The summed E-state index contributed by atoms with van der Waals surface area (Å²) < 4.78 is 5.27. The van der Waals surface area contributed by atoms with Crippen LogP contribution in [-0.4, -0.2) is 24.2 Å². The lowest BCUT2D eigenvalue weighted by Gasteiger charge is -2.20. The molecule has 0 fully saturated rings. The van der Waals surface area contributed by atoms with Crippen LogP contribution in [0.4, 0.5) is 0 Å². The van der Waals surface area contributed by atoms with Gasteiger partial charge in [-0.05, 0) is 46.1 Å². The number of ether oxygens (including phenoxy) is 1. The Kier molecular flexibility index (Phi) is 6.73. The predicted molar refractivity (Wildman–Crippen MR) is 82.7 cm³/mol. The van der Waals surface area contributed by atoms with E-state index in [1.54, 1.807) is 0 Å². The Balaban J connectivity index is 2.14. The van der Waals surface area contributed by atoms with Crippen molar-refractivity contribution in [3.05, 3.63) is 35.9 Å². The molecule has 0 spiro atoms. The van der Waals surface area contributed by atoms with Gasteiger partial charge in [0.15, 0.2) is 0 Å². The maximum Gasteiger partial charge on any atom is 0.307 e. The fraction of sp³-hybridized carbons (Fsp3) is 0.588. The largest absolute Gasteiger partial charge is 0.460 e. The molecule has 1 aromatic rings. The third-order valence-corrected chi connectivity index (χ3v) is 2.95. The molecule has 0 aliphatic rings. The number of esters is 1. The van der Waals surface area contributed by atoms with Crippen LogP contribution < -0.4 is 5.32 Å². The summed E-state index contributed by atoms with van der Waals surface area (Å²) in [5.41, 5.74) is 0.962. The zero-order chi connectivity index (χ0) is 15.0. The highest BCUT2D eigenvalue weighted by Crippen LogP contribution is 2.08. The van der Waals surface area contributed by atoms with Crippen molar-refractivity contribution >= 4 is 5.97 Å². The molecule has 0 bridgehead atoms. The van der Waals surface area contributed by atoms with Gasteiger partial charge in [-0.1, -0.05) is 30.3 Å². The van der Waals surface area contributed by atoms with Crippen molar-refractivity contribution in [2.24, 2.45) is 0 Å². The van der Waals surface area contributed by atoms with Crippen molar-refractivity contribution in [2.75, 3.05) is 6.54 Å². The summed E-state index contributed by atoms with van der Waals surface area (Å²) in [5.74, 6) is -0.139. The Labute approximate surface area is 122 Å². The van der Waals surface area contributed by atoms with Gasteiger partial charge >= 0.3 is 5.97 Å². The summed E-state index contributed by atoms with van der Waals surface area (Å²) in [5, 5.41) is 3.37. The van der Waals surface area contributed by atoms with Crippen molar-refractivity contribution in [1.29, 1.82) is 0 Å². The lowest BCUT2D eigenvalue weighted by atomic mass is 10.1. The quantitative estimate of drug-likeness (QED) is 0.777. The van der Waals surface area contributed by atoms with E-state index in [0.717, 1.165) is 12.8 Å². The molecule has 20 heavy (non-hydrogen) atoms. The molecule has 0 unspecified atom stereocenters. The molecule has 0 amide bonds. The lowest BCUT2D eigenvalue weighted by Crippen LogP contribution is -2.31. The van der Waals surface area contributed by atoms with E-state index in [4.69, 9.17) is 4.74 Å². The van der Waals surface area contributed by atoms with Gasteiger partial charge in [-0.3, -0.25) is 4.79 Å². The minimum absolute atomic E-state index is 0.139. The van der Waals surface area contributed by atoms with Crippen LogP contribution in [0.1, 0.15) is 46.1 Å². The summed E-state index contributed by atoms with van der Waals surface area (Å²) in [4.78, 5) is 11.6. The Morgan fingerprint density at radius 3 is 2.50 bits per heavy atom. The van der Waals surface area contributed by atoms with Crippen LogP contribution in [0.25, 0.3) is 0 Å². The highest BCUT2D eigenvalue weighted by Gasteiger charge is 2.15. The zero-order valence-electron chi connectivity index (χ0n) is 13.1. The highest BCUT2D eigenvalue weighted by atomic mass is 16.6. The molecule has 112 valence electrons. The summed E-state index contributed by atoms with van der Waals surface area (Å²) in [6.45, 7) is 8.49. The average molecular weight is 277 g/mol. The van der Waals surface area contributed by atoms with Crippen molar-refractivity contribution in [1.82, 2.24) is 5.32 Å². The van der Waals surface area contributed by atoms with Crippen molar-refractivity contribution < 1.29 is 9.53 Å².